The van der Waals surface area contributed by atoms with Gasteiger partial charge in [-0.25, -0.2) is 0 Å². The van der Waals surface area contributed by atoms with Gasteiger partial charge >= 0.3 is 5.88 Å². The minimum absolute atomic E-state index is 0.185. The smallest absolute Gasteiger partial charge is 0.404 e. The summed E-state index contributed by atoms with van der Waals surface area (Å²) in [4.78, 5) is 9.97. The summed E-state index contributed by atoms with van der Waals surface area (Å²) in [6, 6.07) is 3.06. The van der Waals surface area contributed by atoms with Gasteiger partial charge in [-0.05, 0) is 24.3 Å². The molecule has 1 N–H and O–H groups in total. The number of nitrogens with zero attached hydrogens (tertiary/aromatic N) is 1. The van der Waals surface area contributed by atoms with Crippen LogP contribution >= 0.6 is 0 Å². The Morgan fingerprint density at radius 3 is 2.72 bits per heavy atom. The predicted molar refractivity (Wildman–Crippen MR) is 68.3 cm³/mol. The van der Waals surface area contributed by atoms with Crippen molar-refractivity contribution in [2.24, 2.45) is 5.41 Å². The Balaban J connectivity index is 1.78. The van der Waals surface area contributed by atoms with Gasteiger partial charge in [0, 0.05) is 6.54 Å². The van der Waals surface area contributed by atoms with Crippen molar-refractivity contribution in [2.45, 2.75) is 45.6 Å². The van der Waals surface area contributed by atoms with Crippen LogP contribution in [0.25, 0.3) is 0 Å². The number of nitrogens with one attached hydrogen (secondary N) is 1. The summed E-state index contributed by atoms with van der Waals surface area (Å²) in [7, 11) is 0. The third-order valence-corrected chi connectivity index (χ3v) is 3.74. The van der Waals surface area contributed by atoms with Crippen LogP contribution in [-0.2, 0) is 6.54 Å². The monoisotopic (exact) mass is 252 g/mol. The second kappa shape index (κ2) is 5.52. The maximum atomic E-state index is 10.5. The molecule has 0 spiro atoms. The van der Waals surface area contributed by atoms with Gasteiger partial charge in [-0.1, -0.05) is 26.2 Å². The van der Waals surface area contributed by atoms with Crippen LogP contribution in [0.2, 0.25) is 0 Å². The molecule has 2 rings (SSSR count). The molecule has 0 aromatic carbocycles. The molecule has 1 fully saturated rings. The fourth-order valence-electron chi connectivity index (χ4n) is 2.63. The number of furan rings is 1. The van der Waals surface area contributed by atoms with Gasteiger partial charge in [-0.15, -0.1) is 0 Å². The van der Waals surface area contributed by atoms with Crippen LogP contribution in [0.5, 0.6) is 0 Å². The van der Waals surface area contributed by atoms with Crippen molar-refractivity contribution >= 4 is 5.88 Å². The first-order valence-electron chi connectivity index (χ1n) is 6.53. The van der Waals surface area contributed by atoms with Crippen molar-refractivity contribution in [3.8, 4) is 0 Å². The molecule has 0 saturated heterocycles. The van der Waals surface area contributed by atoms with E-state index in [1.807, 2.05) is 0 Å². The van der Waals surface area contributed by atoms with Gasteiger partial charge < -0.3 is 9.73 Å². The van der Waals surface area contributed by atoms with Crippen LogP contribution in [0, 0.1) is 15.5 Å². The van der Waals surface area contributed by atoms with E-state index in [1.165, 1.54) is 38.2 Å². The molecule has 18 heavy (non-hydrogen) atoms. The number of hydrogen-bond donors (Lipinski definition) is 1. The molecule has 1 aliphatic carbocycles. The number of nitro groups is 1. The topological polar surface area (TPSA) is 68.3 Å². The highest BCUT2D eigenvalue weighted by Crippen LogP contribution is 2.34. The van der Waals surface area contributed by atoms with E-state index in [9.17, 15) is 10.1 Å². The van der Waals surface area contributed by atoms with E-state index in [0.717, 1.165) is 6.54 Å². The average Bonchev–Trinajstić information content (AvgIpc) is 2.78. The van der Waals surface area contributed by atoms with Crippen molar-refractivity contribution in [1.29, 1.82) is 0 Å². The van der Waals surface area contributed by atoms with Crippen LogP contribution in [0.4, 0.5) is 5.88 Å². The molecule has 0 unspecified atom stereocenters. The highest BCUT2D eigenvalue weighted by Gasteiger charge is 2.26. The lowest BCUT2D eigenvalue weighted by molar-refractivity contribution is -0.402. The van der Waals surface area contributed by atoms with Gasteiger partial charge in [0.15, 0.2) is 0 Å². The molecule has 5 nitrogen and oxygen atoms in total. The highest BCUT2D eigenvalue weighted by atomic mass is 16.6. The zero-order valence-corrected chi connectivity index (χ0v) is 10.8. The summed E-state index contributed by atoms with van der Waals surface area (Å²) >= 11 is 0. The Morgan fingerprint density at radius 2 is 2.11 bits per heavy atom. The molecule has 1 aromatic heterocycles. The van der Waals surface area contributed by atoms with E-state index in [0.29, 0.717) is 17.7 Å². The van der Waals surface area contributed by atoms with Crippen LogP contribution < -0.4 is 5.32 Å². The first-order chi connectivity index (χ1) is 8.59. The molecule has 0 atom stereocenters. The van der Waals surface area contributed by atoms with Crippen molar-refractivity contribution in [3.05, 3.63) is 28.0 Å². The summed E-state index contributed by atoms with van der Waals surface area (Å²) in [5.41, 5.74) is 0.372. The molecule has 5 heteroatoms. The quantitative estimate of drug-likeness (QED) is 0.645. The van der Waals surface area contributed by atoms with Crippen LogP contribution in [0.1, 0.15) is 44.8 Å². The molecule has 1 saturated carbocycles. The van der Waals surface area contributed by atoms with Crippen LogP contribution in [0.15, 0.2) is 16.5 Å². The normalized spacial score (nSPS) is 18.7. The zero-order chi connectivity index (χ0) is 13.0. The summed E-state index contributed by atoms with van der Waals surface area (Å²) in [5.74, 6) is 0.441. The highest BCUT2D eigenvalue weighted by molar-refractivity contribution is 5.17. The summed E-state index contributed by atoms with van der Waals surface area (Å²) in [6.07, 6.45) is 6.49. The molecule has 1 aliphatic rings. The lowest BCUT2D eigenvalue weighted by Crippen LogP contribution is -2.33. The van der Waals surface area contributed by atoms with E-state index < -0.39 is 4.92 Å². The third kappa shape index (κ3) is 3.32. The molecule has 1 aromatic rings. The van der Waals surface area contributed by atoms with Gasteiger partial charge in [-0.2, -0.15) is 0 Å². The maximum absolute atomic E-state index is 10.5. The molecular weight excluding hydrogens is 232 g/mol. The Bertz CT molecular complexity index is 408. The average molecular weight is 252 g/mol. The Hall–Kier alpha value is -1.36. The molecule has 0 bridgehead atoms. The third-order valence-electron chi connectivity index (χ3n) is 3.74. The van der Waals surface area contributed by atoms with E-state index in [-0.39, 0.29) is 5.88 Å². The standard InChI is InChI=1S/C13H20N2O3/c1-13(7-3-2-4-8-13)10-14-9-11-5-6-12(18-11)15(16)17/h5-6,14H,2-4,7-10H2,1H3. The summed E-state index contributed by atoms with van der Waals surface area (Å²) in [5, 5.41) is 13.8. The van der Waals surface area contributed by atoms with Gasteiger partial charge in [0.05, 0.1) is 12.6 Å². The van der Waals surface area contributed by atoms with Crippen molar-refractivity contribution in [1.82, 2.24) is 5.32 Å². The lowest BCUT2D eigenvalue weighted by atomic mass is 9.76. The maximum Gasteiger partial charge on any atom is 0.433 e. The zero-order valence-electron chi connectivity index (χ0n) is 10.8. The fourth-order valence-corrected chi connectivity index (χ4v) is 2.63. The van der Waals surface area contributed by atoms with Crippen LogP contribution in [-0.4, -0.2) is 11.5 Å². The van der Waals surface area contributed by atoms with E-state index in [4.69, 9.17) is 4.42 Å². The van der Waals surface area contributed by atoms with Crippen molar-refractivity contribution in [3.63, 3.8) is 0 Å². The molecule has 1 heterocycles. The molecule has 0 amide bonds. The second-order valence-corrected chi connectivity index (χ2v) is 5.47. The van der Waals surface area contributed by atoms with Crippen LogP contribution in [0.3, 0.4) is 0 Å². The molecule has 100 valence electrons. The number of hydrogen-bond acceptors (Lipinski definition) is 4. The minimum atomic E-state index is -0.508. The summed E-state index contributed by atoms with van der Waals surface area (Å²) in [6.45, 7) is 3.81. The SMILES string of the molecule is CC1(CNCc2ccc([N+](=O)[O-])o2)CCCCC1. The second-order valence-electron chi connectivity index (χ2n) is 5.47. The van der Waals surface area contributed by atoms with Crippen molar-refractivity contribution in [2.75, 3.05) is 6.54 Å². The molecule has 0 radical (unpaired) electrons. The predicted octanol–water partition coefficient (Wildman–Crippen LogP) is 3.25. The first-order valence-corrected chi connectivity index (χ1v) is 6.53. The fraction of sp³-hybridized carbons (Fsp3) is 0.692. The van der Waals surface area contributed by atoms with Gasteiger partial charge in [0.1, 0.15) is 10.7 Å². The number of rotatable bonds is 5. The van der Waals surface area contributed by atoms with Gasteiger partial charge in [0.2, 0.25) is 0 Å². The first kappa shape index (κ1) is 13.1. The van der Waals surface area contributed by atoms with Gasteiger partial charge in [0.25, 0.3) is 0 Å². The van der Waals surface area contributed by atoms with E-state index in [2.05, 4.69) is 12.2 Å². The Morgan fingerprint density at radius 1 is 1.39 bits per heavy atom. The van der Waals surface area contributed by atoms with E-state index in [1.54, 1.807) is 6.07 Å². The Kier molecular flexibility index (Phi) is 4.01. The largest absolute Gasteiger partial charge is 0.433 e. The van der Waals surface area contributed by atoms with Gasteiger partial charge in [-0.3, -0.25) is 10.1 Å². The Labute approximate surface area is 107 Å². The molecule has 0 aliphatic heterocycles. The van der Waals surface area contributed by atoms with Crippen molar-refractivity contribution < 1.29 is 9.34 Å². The summed E-state index contributed by atoms with van der Waals surface area (Å²) < 4.78 is 5.11. The molecular formula is C13H20N2O3. The lowest BCUT2D eigenvalue weighted by Gasteiger charge is -2.33. The minimum Gasteiger partial charge on any atom is -0.404 e. The van der Waals surface area contributed by atoms with E-state index >= 15 is 0 Å².